The molecule has 0 aliphatic heterocycles. The van der Waals surface area contributed by atoms with Gasteiger partial charge in [-0.15, -0.1) is 0 Å². The third-order valence-corrected chi connectivity index (χ3v) is 6.41. The molecule has 5 aromatic carbocycles. The number of allylic oxidation sites excluding steroid dienone is 1. The van der Waals surface area contributed by atoms with Crippen molar-refractivity contribution < 1.29 is 28.5 Å². The van der Waals surface area contributed by atoms with E-state index in [1.54, 1.807) is 12.1 Å². The number of ether oxygens (including phenoxy) is 3. The first-order valence-electron chi connectivity index (χ1n) is 13.4. The summed E-state index contributed by atoms with van der Waals surface area (Å²) in [5.74, 6) is -0.692. The molecular weight excluding hydrogens is 531 g/mol. The normalized spacial score (nSPS) is 10.9. The van der Waals surface area contributed by atoms with Crippen LogP contribution in [-0.2, 0) is 19.8 Å². The zero-order valence-corrected chi connectivity index (χ0v) is 22.8. The van der Waals surface area contributed by atoms with Gasteiger partial charge in [-0.25, -0.2) is 4.39 Å². The molecule has 5 aromatic rings. The molecule has 0 fully saturated rings. The first-order chi connectivity index (χ1) is 20.5. The second kappa shape index (κ2) is 13.8. The topological polar surface area (TPSA) is 65.0 Å². The molecule has 0 aliphatic carbocycles. The van der Waals surface area contributed by atoms with E-state index in [9.17, 15) is 14.3 Å². The molecule has 0 saturated carbocycles. The average molecular weight is 561 g/mol. The Bertz CT molecular complexity index is 1650. The van der Waals surface area contributed by atoms with E-state index >= 15 is 0 Å². The van der Waals surface area contributed by atoms with E-state index in [0.717, 1.165) is 16.7 Å². The second-order valence-electron chi connectivity index (χ2n) is 9.53. The highest BCUT2D eigenvalue weighted by Crippen LogP contribution is 2.35. The van der Waals surface area contributed by atoms with Crippen LogP contribution in [0.15, 0.2) is 127 Å². The zero-order chi connectivity index (χ0) is 29.1. The van der Waals surface area contributed by atoms with Crippen LogP contribution in [0.2, 0.25) is 0 Å². The number of rotatable bonds is 12. The predicted molar refractivity (Wildman–Crippen MR) is 160 cm³/mol. The number of benzene rings is 5. The van der Waals surface area contributed by atoms with Crippen molar-refractivity contribution in [2.45, 2.75) is 19.8 Å². The van der Waals surface area contributed by atoms with Crippen LogP contribution in [-0.4, -0.2) is 10.9 Å². The molecule has 0 unspecified atom stereocenters. The molecule has 6 heteroatoms. The minimum absolute atomic E-state index is 0.0162. The number of hydrogen-bond donors (Lipinski definition) is 1. The summed E-state index contributed by atoms with van der Waals surface area (Å²) in [6.07, 6.45) is 2.75. The maximum Gasteiger partial charge on any atom is 0.193 e. The van der Waals surface area contributed by atoms with Crippen molar-refractivity contribution in [3.8, 4) is 23.0 Å². The Labute approximate surface area is 244 Å². The number of aromatic hydroxyl groups is 1. The van der Waals surface area contributed by atoms with Crippen LogP contribution in [0.1, 0.15) is 32.6 Å². The molecule has 0 aromatic heterocycles. The number of ketones is 1. The molecule has 210 valence electrons. The lowest BCUT2D eigenvalue weighted by molar-refractivity contribution is 0.104. The van der Waals surface area contributed by atoms with Crippen molar-refractivity contribution >= 4 is 11.9 Å². The summed E-state index contributed by atoms with van der Waals surface area (Å²) >= 11 is 0. The highest BCUT2D eigenvalue weighted by molar-refractivity contribution is 6.10. The van der Waals surface area contributed by atoms with Crippen LogP contribution in [0.25, 0.3) is 6.08 Å². The molecule has 0 spiro atoms. The lowest BCUT2D eigenvalue weighted by Gasteiger charge is -2.15. The monoisotopic (exact) mass is 560 g/mol. The Kier molecular flexibility index (Phi) is 9.27. The molecule has 0 atom stereocenters. The minimum atomic E-state index is -0.546. The lowest BCUT2D eigenvalue weighted by Crippen LogP contribution is -2.04. The van der Waals surface area contributed by atoms with Gasteiger partial charge in [0.1, 0.15) is 42.6 Å². The summed E-state index contributed by atoms with van der Waals surface area (Å²) in [5, 5.41) is 10.9. The fourth-order valence-electron chi connectivity index (χ4n) is 4.23. The largest absolute Gasteiger partial charge is 0.507 e. The van der Waals surface area contributed by atoms with Gasteiger partial charge in [0.2, 0.25) is 0 Å². The van der Waals surface area contributed by atoms with E-state index in [4.69, 9.17) is 14.2 Å². The summed E-state index contributed by atoms with van der Waals surface area (Å²) < 4.78 is 32.2. The van der Waals surface area contributed by atoms with E-state index in [-0.39, 0.29) is 42.6 Å². The van der Waals surface area contributed by atoms with Crippen molar-refractivity contribution in [3.63, 3.8) is 0 Å². The molecule has 0 radical (unpaired) electrons. The molecule has 0 aliphatic rings. The number of phenols is 1. The molecule has 5 nitrogen and oxygen atoms in total. The molecule has 1 N–H and O–H groups in total. The van der Waals surface area contributed by atoms with Crippen molar-refractivity contribution in [2.24, 2.45) is 0 Å². The number of hydrogen-bond acceptors (Lipinski definition) is 5. The maximum atomic E-state index is 14.7. The Balaban J connectivity index is 1.33. The summed E-state index contributed by atoms with van der Waals surface area (Å²) in [6.45, 7) is 0.700. The van der Waals surface area contributed by atoms with Crippen molar-refractivity contribution in [3.05, 3.63) is 161 Å². The van der Waals surface area contributed by atoms with Crippen molar-refractivity contribution in [2.75, 3.05) is 0 Å². The van der Waals surface area contributed by atoms with Gasteiger partial charge in [0.15, 0.2) is 17.3 Å². The van der Waals surface area contributed by atoms with E-state index in [2.05, 4.69) is 0 Å². The van der Waals surface area contributed by atoms with E-state index in [1.807, 2.05) is 91.0 Å². The lowest BCUT2D eigenvalue weighted by atomic mass is 10.1. The first-order valence-corrected chi connectivity index (χ1v) is 13.4. The van der Waals surface area contributed by atoms with Gasteiger partial charge in [-0.3, -0.25) is 4.79 Å². The van der Waals surface area contributed by atoms with Crippen LogP contribution < -0.4 is 14.2 Å². The van der Waals surface area contributed by atoms with Crippen molar-refractivity contribution in [1.82, 2.24) is 0 Å². The standard InChI is InChI=1S/C36H29FO5/c37-31-20-26(17-19-34(31)41-24-28-12-6-2-7-13-28)16-18-32(38)36-33(39)21-30(40-23-27-10-4-1-5-11-27)22-35(36)42-25-29-14-8-3-9-15-29/h1-22,39H,23-25H2/b18-16+. The third-order valence-electron chi connectivity index (χ3n) is 6.41. The predicted octanol–water partition coefficient (Wildman–Crippen LogP) is 8.16. The third kappa shape index (κ3) is 7.64. The van der Waals surface area contributed by atoms with E-state index < -0.39 is 11.6 Å². The van der Waals surface area contributed by atoms with E-state index in [1.165, 1.54) is 30.4 Å². The number of halogens is 1. The van der Waals surface area contributed by atoms with Gasteiger partial charge in [-0.2, -0.15) is 0 Å². The quantitative estimate of drug-likeness (QED) is 0.123. The van der Waals surface area contributed by atoms with Gasteiger partial charge in [-0.05, 0) is 40.5 Å². The van der Waals surface area contributed by atoms with Gasteiger partial charge >= 0.3 is 0 Å². The van der Waals surface area contributed by atoms with Gasteiger partial charge in [0.25, 0.3) is 0 Å². The van der Waals surface area contributed by atoms with Crippen LogP contribution in [0.5, 0.6) is 23.0 Å². The number of carbonyl (C=O) groups is 1. The van der Waals surface area contributed by atoms with Gasteiger partial charge in [0, 0.05) is 12.1 Å². The fourth-order valence-corrected chi connectivity index (χ4v) is 4.23. The summed E-state index contributed by atoms with van der Waals surface area (Å²) in [6, 6.07) is 36.0. The summed E-state index contributed by atoms with van der Waals surface area (Å²) in [5.41, 5.74) is 3.22. The van der Waals surface area contributed by atoms with Crippen LogP contribution in [0.4, 0.5) is 4.39 Å². The van der Waals surface area contributed by atoms with Crippen LogP contribution in [0, 0.1) is 5.82 Å². The van der Waals surface area contributed by atoms with E-state index in [0.29, 0.717) is 11.3 Å². The number of phenolic OH excluding ortho intramolecular Hbond substituents is 1. The maximum absolute atomic E-state index is 14.7. The molecule has 42 heavy (non-hydrogen) atoms. The second-order valence-corrected chi connectivity index (χ2v) is 9.53. The smallest absolute Gasteiger partial charge is 0.193 e. The van der Waals surface area contributed by atoms with Gasteiger partial charge in [-0.1, -0.05) is 103 Å². The Morgan fingerprint density at radius 3 is 1.71 bits per heavy atom. The summed E-state index contributed by atoms with van der Waals surface area (Å²) in [7, 11) is 0. The highest BCUT2D eigenvalue weighted by atomic mass is 19.1. The number of carbonyl (C=O) groups excluding carboxylic acids is 1. The SMILES string of the molecule is O=C(/C=C/c1ccc(OCc2ccccc2)c(F)c1)c1c(O)cc(OCc2ccccc2)cc1OCc1ccccc1. The molecule has 0 heterocycles. The zero-order valence-electron chi connectivity index (χ0n) is 22.8. The molecule has 5 rings (SSSR count). The fraction of sp³-hybridized carbons (Fsp3) is 0.0833. The van der Waals surface area contributed by atoms with Gasteiger partial charge in [0.05, 0.1) is 0 Å². The van der Waals surface area contributed by atoms with Crippen molar-refractivity contribution in [1.29, 1.82) is 0 Å². The first kappa shape index (κ1) is 28.2. The highest BCUT2D eigenvalue weighted by Gasteiger charge is 2.19. The summed E-state index contributed by atoms with van der Waals surface area (Å²) in [4.78, 5) is 13.3. The molecule has 0 bridgehead atoms. The Morgan fingerprint density at radius 2 is 1.17 bits per heavy atom. The molecule has 0 amide bonds. The molecular formula is C36H29FO5. The minimum Gasteiger partial charge on any atom is -0.507 e. The van der Waals surface area contributed by atoms with Crippen LogP contribution >= 0.6 is 0 Å². The van der Waals surface area contributed by atoms with Gasteiger partial charge < -0.3 is 19.3 Å². The van der Waals surface area contributed by atoms with Crippen LogP contribution in [0.3, 0.4) is 0 Å². The Morgan fingerprint density at radius 1 is 0.643 bits per heavy atom. The molecule has 0 saturated heterocycles. The average Bonchev–Trinajstić information content (AvgIpc) is 3.02. The Hall–Kier alpha value is -5.36.